The molecule has 7 heteroatoms. The van der Waals surface area contributed by atoms with Crippen molar-refractivity contribution in [2.75, 3.05) is 30.6 Å². The van der Waals surface area contributed by atoms with Crippen molar-refractivity contribution in [3.05, 3.63) is 29.8 Å². The normalized spacial score (nSPS) is 20.1. The van der Waals surface area contributed by atoms with E-state index in [1.807, 2.05) is 12.1 Å². The first-order chi connectivity index (χ1) is 13.2. The molecule has 1 aliphatic carbocycles. The van der Waals surface area contributed by atoms with E-state index in [9.17, 15) is 13.2 Å². The molecule has 3 rings (SSSR count). The SMILES string of the molecule is CC(C)C[C@@H](CN1CCCC1)NC(=O)C1(c2cccc(NS(C)(=O)=O)c2)CC1. The molecule has 2 fully saturated rings. The lowest BCUT2D eigenvalue weighted by atomic mass is 9.93. The fraction of sp³-hybridized carbons (Fsp3) is 0.667. The van der Waals surface area contributed by atoms with Crippen molar-refractivity contribution < 1.29 is 13.2 Å². The summed E-state index contributed by atoms with van der Waals surface area (Å²) in [5.74, 6) is 0.596. The molecule has 0 aromatic heterocycles. The number of sulfonamides is 1. The summed E-state index contributed by atoms with van der Waals surface area (Å²) in [6.45, 7) is 7.53. The van der Waals surface area contributed by atoms with Crippen LogP contribution in [0.5, 0.6) is 0 Å². The first-order valence-electron chi connectivity index (χ1n) is 10.3. The molecule has 1 heterocycles. The highest BCUT2D eigenvalue weighted by Gasteiger charge is 2.51. The largest absolute Gasteiger partial charge is 0.351 e. The van der Waals surface area contributed by atoms with Crippen molar-refractivity contribution >= 4 is 21.6 Å². The summed E-state index contributed by atoms with van der Waals surface area (Å²) >= 11 is 0. The van der Waals surface area contributed by atoms with Crippen molar-refractivity contribution in [2.45, 2.75) is 57.4 Å². The third kappa shape index (κ3) is 5.47. The van der Waals surface area contributed by atoms with Gasteiger partial charge in [-0.25, -0.2) is 8.42 Å². The van der Waals surface area contributed by atoms with Crippen LogP contribution in [-0.2, 0) is 20.2 Å². The molecule has 1 aromatic carbocycles. The highest BCUT2D eigenvalue weighted by Crippen LogP contribution is 2.49. The van der Waals surface area contributed by atoms with Crippen molar-refractivity contribution in [1.82, 2.24) is 10.2 Å². The number of likely N-dealkylation sites (tertiary alicyclic amines) is 1. The van der Waals surface area contributed by atoms with Gasteiger partial charge in [0.05, 0.1) is 11.7 Å². The molecule has 2 aliphatic rings. The second-order valence-electron chi connectivity index (χ2n) is 8.84. The number of amides is 1. The van der Waals surface area contributed by atoms with Crippen molar-refractivity contribution in [1.29, 1.82) is 0 Å². The molecule has 0 unspecified atom stereocenters. The number of carbonyl (C=O) groups excluding carboxylic acids is 1. The monoisotopic (exact) mass is 407 g/mol. The van der Waals surface area contributed by atoms with Gasteiger partial charge in [0.15, 0.2) is 0 Å². The lowest BCUT2D eigenvalue weighted by Crippen LogP contribution is -2.47. The Morgan fingerprint density at radius 2 is 1.89 bits per heavy atom. The number of rotatable bonds is 9. The lowest BCUT2D eigenvalue weighted by molar-refractivity contribution is -0.124. The van der Waals surface area contributed by atoms with Gasteiger partial charge in [0.25, 0.3) is 0 Å². The highest BCUT2D eigenvalue weighted by atomic mass is 32.2. The first-order valence-corrected chi connectivity index (χ1v) is 12.2. The van der Waals surface area contributed by atoms with E-state index in [1.54, 1.807) is 12.1 Å². The Balaban J connectivity index is 1.72. The molecular weight excluding hydrogens is 374 g/mol. The quantitative estimate of drug-likeness (QED) is 0.660. The van der Waals surface area contributed by atoms with Crippen LogP contribution < -0.4 is 10.0 Å². The second kappa shape index (κ2) is 8.41. The van der Waals surface area contributed by atoms with Crippen molar-refractivity contribution in [2.24, 2.45) is 5.92 Å². The van der Waals surface area contributed by atoms with E-state index in [2.05, 4.69) is 28.8 Å². The number of nitrogens with zero attached hydrogens (tertiary/aromatic N) is 1. The molecular formula is C21H33N3O3S. The Morgan fingerprint density at radius 3 is 2.46 bits per heavy atom. The maximum absolute atomic E-state index is 13.2. The predicted octanol–water partition coefficient (Wildman–Crippen LogP) is 2.72. The summed E-state index contributed by atoms with van der Waals surface area (Å²) in [6, 6.07) is 7.41. The topological polar surface area (TPSA) is 78.5 Å². The van der Waals surface area contributed by atoms with Gasteiger partial charge in [-0.2, -0.15) is 0 Å². The van der Waals surface area contributed by atoms with Gasteiger partial charge >= 0.3 is 0 Å². The fourth-order valence-corrected chi connectivity index (χ4v) is 4.77. The Kier molecular flexibility index (Phi) is 6.34. The Bertz CT molecular complexity index is 797. The zero-order valence-electron chi connectivity index (χ0n) is 17.2. The van der Waals surface area contributed by atoms with Crippen LogP contribution >= 0.6 is 0 Å². The molecule has 6 nitrogen and oxygen atoms in total. The molecule has 1 saturated heterocycles. The number of nitrogens with one attached hydrogen (secondary N) is 2. The molecule has 0 bridgehead atoms. The summed E-state index contributed by atoms with van der Waals surface area (Å²) < 4.78 is 25.6. The van der Waals surface area contributed by atoms with Gasteiger partial charge in [-0.3, -0.25) is 9.52 Å². The number of hydrogen-bond donors (Lipinski definition) is 2. The Labute approximate surface area is 169 Å². The number of hydrogen-bond acceptors (Lipinski definition) is 4. The Morgan fingerprint density at radius 1 is 1.21 bits per heavy atom. The van der Waals surface area contributed by atoms with Crippen LogP contribution in [0.15, 0.2) is 24.3 Å². The summed E-state index contributed by atoms with van der Waals surface area (Å²) in [7, 11) is -3.34. The molecule has 0 radical (unpaired) electrons. The van der Waals surface area contributed by atoms with E-state index >= 15 is 0 Å². The number of anilines is 1. The fourth-order valence-electron chi connectivity index (χ4n) is 4.21. The zero-order chi connectivity index (χ0) is 20.4. The maximum atomic E-state index is 13.2. The summed E-state index contributed by atoms with van der Waals surface area (Å²) in [5.41, 5.74) is 0.882. The van der Waals surface area contributed by atoms with E-state index in [4.69, 9.17) is 0 Å². The van der Waals surface area contributed by atoms with Gasteiger partial charge in [0.2, 0.25) is 15.9 Å². The Hall–Kier alpha value is -1.60. The van der Waals surface area contributed by atoms with E-state index < -0.39 is 15.4 Å². The van der Waals surface area contributed by atoms with Crippen LogP contribution in [-0.4, -0.2) is 51.2 Å². The van der Waals surface area contributed by atoms with Crippen molar-refractivity contribution in [3.8, 4) is 0 Å². The van der Waals surface area contributed by atoms with Crippen LogP contribution in [0, 0.1) is 5.92 Å². The number of carbonyl (C=O) groups is 1. The minimum Gasteiger partial charge on any atom is -0.351 e. The predicted molar refractivity (Wildman–Crippen MR) is 113 cm³/mol. The minimum absolute atomic E-state index is 0.0776. The van der Waals surface area contributed by atoms with Crippen LogP contribution in [0.3, 0.4) is 0 Å². The molecule has 1 aliphatic heterocycles. The minimum atomic E-state index is -3.34. The van der Waals surface area contributed by atoms with Gasteiger partial charge in [-0.15, -0.1) is 0 Å². The van der Waals surface area contributed by atoms with Crippen LogP contribution in [0.4, 0.5) is 5.69 Å². The van der Waals surface area contributed by atoms with Gasteiger partial charge in [0, 0.05) is 18.3 Å². The van der Waals surface area contributed by atoms with E-state index in [0.29, 0.717) is 11.6 Å². The van der Waals surface area contributed by atoms with Gasteiger partial charge in [0.1, 0.15) is 0 Å². The van der Waals surface area contributed by atoms with Gasteiger partial charge in [-0.05, 0) is 68.8 Å². The third-order valence-electron chi connectivity index (χ3n) is 5.67. The van der Waals surface area contributed by atoms with E-state index in [-0.39, 0.29) is 11.9 Å². The van der Waals surface area contributed by atoms with Crippen molar-refractivity contribution in [3.63, 3.8) is 0 Å². The third-order valence-corrected chi connectivity index (χ3v) is 6.28. The average Bonchev–Trinajstić information content (AvgIpc) is 3.25. The summed E-state index contributed by atoms with van der Waals surface area (Å²) in [6.07, 6.45) is 6.19. The maximum Gasteiger partial charge on any atom is 0.230 e. The van der Waals surface area contributed by atoms with E-state index in [1.165, 1.54) is 12.8 Å². The van der Waals surface area contributed by atoms with Crippen LogP contribution in [0.25, 0.3) is 0 Å². The highest BCUT2D eigenvalue weighted by molar-refractivity contribution is 7.92. The molecule has 1 saturated carbocycles. The standard InChI is InChI=1S/C21H33N3O3S/c1-16(2)13-19(15-24-11-4-5-12-24)22-20(25)21(9-10-21)17-7-6-8-18(14-17)23-28(3,26)27/h6-8,14,16,19,23H,4-5,9-13,15H2,1-3H3,(H,22,25)/t19-/m0/s1. The van der Waals surface area contributed by atoms with E-state index in [0.717, 1.165) is 50.7 Å². The van der Waals surface area contributed by atoms with Crippen LogP contribution in [0.2, 0.25) is 0 Å². The molecule has 0 spiro atoms. The molecule has 2 N–H and O–H groups in total. The second-order valence-corrected chi connectivity index (χ2v) is 10.6. The molecule has 156 valence electrons. The number of benzene rings is 1. The average molecular weight is 408 g/mol. The molecule has 1 aromatic rings. The smallest absolute Gasteiger partial charge is 0.230 e. The van der Waals surface area contributed by atoms with Gasteiger partial charge < -0.3 is 10.2 Å². The molecule has 1 atom stereocenters. The molecule has 28 heavy (non-hydrogen) atoms. The lowest BCUT2D eigenvalue weighted by Gasteiger charge is -2.28. The van der Waals surface area contributed by atoms with Crippen LogP contribution in [0.1, 0.15) is 51.5 Å². The zero-order valence-corrected chi connectivity index (χ0v) is 18.0. The molecule has 1 amide bonds. The summed E-state index contributed by atoms with van der Waals surface area (Å²) in [4.78, 5) is 15.7. The first kappa shape index (κ1) is 21.1. The summed E-state index contributed by atoms with van der Waals surface area (Å²) in [5, 5.41) is 3.32. The van der Waals surface area contributed by atoms with Gasteiger partial charge in [-0.1, -0.05) is 26.0 Å².